The predicted molar refractivity (Wildman–Crippen MR) is 217 cm³/mol. The van der Waals surface area contributed by atoms with Crippen LogP contribution in [0.3, 0.4) is 0 Å². The largest absolute Gasteiger partial charge is 0.455 e. The smallest absolute Gasteiger partial charge is 0.160 e. The quantitative estimate of drug-likeness (QED) is 0.174. The molecule has 0 fully saturated rings. The summed E-state index contributed by atoms with van der Waals surface area (Å²) in [4.78, 5) is 15.6. The van der Waals surface area contributed by atoms with E-state index in [1.807, 2.05) is 41.7 Å². The molecule has 4 heterocycles. The van der Waals surface area contributed by atoms with E-state index in [2.05, 4.69) is 133 Å². The summed E-state index contributed by atoms with van der Waals surface area (Å²) >= 11 is 1.83. The van der Waals surface area contributed by atoms with E-state index in [4.69, 9.17) is 19.4 Å². The maximum absolute atomic E-state index is 6.49. The molecule has 4 aromatic heterocycles. The van der Waals surface area contributed by atoms with Gasteiger partial charge < -0.3 is 4.42 Å². The van der Waals surface area contributed by atoms with Crippen molar-refractivity contribution in [1.82, 2.24) is 15.0 Å². The van der Waals surface area contributed by atoms with Gasteiger partial charge in [-0.05, 0) is 24.3 Å². The SMILES string of the molecule is c1ccc(-c2nc(-c3cccc4c3oc3ccccc34)cc(-c3cccc4c3sc3c4ccc4c(-c5ccccc5)nc5ccccc5c43)n2)cc1. The van der Waals surface area contributed by atoms with Crippen LogP contribution in [0.4, 0.5) is 0 Å². The third-order valence-electron chi connectivity index (χ3n) is 10.1. The van der Waals surface area contributed by atoms with Crippen LogP contribution in [0.25, 0.3) is 109 Å². The molecule has 0 amide bonds. The number of benzene rings is 7. The van der Waals surface area contributed by atoms with Crippen LogP contribution in [-0.2, 0) is 0 Å². The number of aromatic nitrogens is 3. The summed E-state index contributed by atoms with van der Waals surface area (Å²) in [6.07, 6.45) is 0. The van der Waals surface area contributed by atoms with Crippen molar-refractivity contribution in [2.75, 3.05) is 0 Å². The molecular weight excluding hydrogens is 655 g/mol. The molecule has 0 spiro atoms. The van der Waals surface area contributed by atoms with E-state index in [0.29, 0.717) is 5.82 Å². The van der Waals surface area contributed by atoms with Crippen LogP contribution in [0.2, 0.25) is 0 Å². The number of pyridine rings is 1. The molecule has 0 aliphatic heterocycles. The third kappa shape index (κ3) is 4.43. The predicted octanol–water partition coefficient (Wildman–Crippen LogP) is 13.1. The summed E-state index contributed by atoms with van der Waals surface area (Å²) < 4.78 is 8.94. The van der Waals surface area contributed by atoms with Crippen molar-refractivity contribution < 1.29 is 4.42 Å². The van der Waals surface area contributed by atoms with E-state index >= 15 is 0 Å². The van der Waals surface area contributed by atoms with E-state index in [9.17, 15) is 0 Å². The first-order valence-electron chi connectivity index (χ1n) is 17.4. The second-order valence-corrected chi connectivity index (χ2v) is 14.1. The van der Waals surface area contributed by atoms with Gasteiger partial charge in [0.25, 0.3) is 0 Å². The zero-order valence-corrected chi connectivity index (χ0v) is 28.6. The van der Waals surface area contributed by atoms with E-state index < -0.39 is 0 Å². The van der Waals surface area contributed by atoms with Crippen molar-refractivity contribution in [3.05, 3.63) is 164 Å². The summed E-state index contributed by atoms with van der Waals surface area (Å²) in [6.45, 7) is 0. The van der Waals surface area contributed by atoms with Gasteiger partial charge in [-0.15, -0.1) is 11.3 Å². The van der Waals surface area contributed by atoms with Crippen LogP contribution >= 0.6 is 11.3 Å². The number of fused-ring (bicyclic) bond motifs is 10. The fourth-order valence-electron chi connectivity index (χ4n) is 7.70. The molecule has 11 rings (SSSR count). The number of hydrogen-bond donors (Lipinski definition) is 0. The van der Waals surface area contributed by atoms with Crippen LogP contribution in [-0.4, -0.2) is 15.0 Å². The molecule has 0 aliphatic carbocycles. The lowest BCUT2D eigenvalue weighted by Crippen LogP contribution is -1.96. The molecule has 0 atom stereocenters. The lowest BCUT2D eigenvalue weighted by molar-refractivity contribution is 0.670. The van der Waals surface area contributed by atoms with Crippen molar-refractivity contribution in [3.8, 4) is 45.2 Å². The molecule has 0 aliphatic rings. The Kier molecular flexibility index (Phi) is 6.39. The first kappa shape index (κ1) is 29.1. The van der Waals surface area contributed by atoms with E-state index in [1.165, 1.54) is 25.6 Å². The van der Waals surface area contributed by atoms with Gasteiger partial charge in [0.15, 0.2) is 5.82 Å². The molecule has 0 N–H and O–H groups in total. The van der Waals surface area contributed by atoms with Gasteiger partial charge in [-0.1, -0.05) is 140 Å². The van der Waals surface area contributed by atoms with Crippen molar-refractivity contribution in [2.24, 2.45) is 0 Å². The van der Waals surface area contributed by atoms with Crippen LogP contribution in [0.15, 0.2) is 168 Å². The molecule has 4 nitrogen and oxygen atoms in total. The van der Waals surface area contributed by atoms with E-state index in [-0.39, 0.29) is 0 Å². The molecule has 242 valence electrons. The third-order valence-corrected chi connectivity index (χ3v) is 11.4. The van der Waals surface area contributed by atoms with Gasteiger partial charge in [0.05, 0.1) is 22.6 Å². The molecule has 7 aromatic carbocycles. The van der Waals surface area contributed by atoms with Crippen LogP contribution in [0, 0.1) is 0 Å². The number of furan rings is 1. The molecule has 52 heavy (non-hydrogen) atoms. The molecule has 5 heteroatoms. The summed E-state index contributed by atoms with van der Waals surface area (Å²) in [7, 11) is 0. The maximum Gasteiger partial charge on any atom is 0.160 e. The highest BCUT2D eigenvalue weighted by atomic mass is 32.1. The average Bonchev–Trinajstić information content (AvgIpc) is 3.80. The van der Waals surface area contributed by atoms with Gasteiger partial charge in [-0.3, -0.25) is 0 Å². The maximum atomic E-state index is 6.49. The monoisotopic (exact) mass is 681 g/mol. The van der Waals surface area contributed by atoms with Crippen LogP contribution < -0.4 is 0 Å². The Labute approximate surface area is 302 Å². The highest BCUT2D eigenvalue weighted by molar-refractivity contribution is 7.27. The molecule has 0 bridgehead atoms. The molecule has 0 radical (unpaired) electrons. The Hall–Kier alpha value is -6.69. The minimum atomic E-state index is 0.675. The average molecular weight is 682 g/mol. The highest BCUT2D eigenvalue weighted by Gasteiger charge is 2.20. The van der Waals surface area contributed by atoms with Gasteiger partial charge in [-0.25, -0.2) is 15.0 Å². The minimum Gasteiger partial charge on any atom is -0.455 e. The van der Waals surface area contributed by atoms with Crippen molar-refractivity contribution in [2.45, 2.75) is 0 Å². The van der Waals surface area contributed by atoms with E-state index in [0.717, 1.165) is 77.6 Å². The number of rotatable bonds is 4. The zero-order chi connectivity index (χ0) is 34.2. The van der Waals surface area contributed by atoms with Gasteiger partial charge in [0.1, 0.15) is 11.2 Å². The van der Waals surface area contributed by atoms with Gasteiger partial charge >= 0.3 is 0 Å². The summed E-state index contributed by atoms with van der Waals surface area (Å²) in [5.41, 5.74) is 9.47. The molecule has 0 saturated heterocycles. The summed E-state index contributed by atoms with van der Waals surface area (Å²) in [6, 6.07) is 57.0. The second-order valence-electron chi connectivity index (χ2n) is 13.1. The zero-order valence-electron chi connectivity index (χ0n) is 27.7. The topological polar surface area (TPSA) is 51.8 Å². The Morgan fingerprint density at radius 3 is 1.87 bits per heavy atom. The molecule has 0 unspecified atom stereocenters. The van der Waals surface area contributed by atoms with Gasteiger partial charge in [-0.2, -0.15) is 0 Å². The Morgan fingerprint density at radius 1 is 0.423 bits per heavy atom. The normalized spacial score (nSPS) is 11.8. The Morgan fingerprint density at radius 2 is 1.04 bits per heavy atom. The van der Waals surface area contributed by atoms with Gasteiger partial charge in [0, 0.05) is 69.4 Å². The number of hydrogen-bond acceptors (Lipinski definition) is 5. The van der Waals surface area contributed by atoms with Crippen molar-refractivity contribution >= 4 is 75.1 Å². The lowest BCUT2D eigenvalue weighted by atomic mass is 9.97. The number of thiophene rings is 1. The standard InChI is InChI=1S/C47H27N3OS/c1-3-13-28(14-4-1)43-37-26-25-33-32-20-12-22-36(45(32)52-46(33)42(37)34-18-7-9-23-38(34)48-43)40-27-39(49-47(50-40)29-15-5-2-6-16-29)35-21-11-19-31-30-17-8-10-24-41(30)51-44(31)35/h1-27H. The Bertz CT molecular complexity index is 3180. The van der Waals surface area contributed by atoms with Crippen molar-refractivity contribution in [1.29, 1.82) is 0 Å². The highest BCUT2D eigenvalue weighted by Crippen LogP contribution is 2.46. The first-order chi connectivity index (χ1) is 25.8. The lowest BCUT2D eigenvalue weighted by Gasteiger charge is -2.11. The molecule has 0 saturated carbocycles. The van der Waals surface area contributed by atoms with Crippen LogP contribution in [0.1, 0.15) is 0 Å². The van der Waals surface area contributed by atoms with Crippen LogP contribution in [0.5, 0.6) is 0 Å². The minimum absolute atomic E-state index is 0.675. The second kappa shape index (κ2) is 11.4. The first-order valence-corrected chi connectivity index (χ1v) is 18.2. The van der Waals surface area contributed by atoms with Crippen molar-refractivity contribution in [3.63, 3.8) is 0 Å². The Balaban J connectivity index is 1.20. The number of nitrogens with zero attached hydrogens (tertiary/aromatic N) is 3. The fourth-order valence-corrected chi connectivity index (χ4v) is 9.08. The number of para-hydroxylation sites is 3. The fraction of sp³-hybridized carbons (Fsp3) is 0. The molecule has 11 aromatic rings. The summed E-state index contributed by atoms with van der Waals surface area (Å²) in [5, 5.41) is 8.16. The summed E-state index contributed by atoms with van der Waals surface area (Å²) in [5.74, 6) is 0.675. The molecular formula is C47H27N3OS. The van der Waals surface area contributed by atoms with E-state index in [1.54, 1.807) is 0 Å². The van der Waals surface area contributed by atoms with Gasteiger partial charge in [0.2, 0.25) is 0 Å².